The SMILES string of the molecule is CC(NC(=O)[C@@H](CC(=O)Cc1ccccc1)Cc1ccccc1)C(=O)C(=O)N[C@@H](Cc1ccccc1)C(=O)C[C@@H](Cc1ccc2ccccc2c1)C(N)=O. The molecule has 0 saturated carbocycles. The van der Waals surface area contributed by atoms with E-state index in [0.29, 0.717) is 0 Å². The highest BCUT2D eigenvalue weighted by molar-refractivity contribution is 6.38. The van der Waals surface area contributed by atoms with E-state index in [4.69, 9.17) is 5.73 Å². The van der Waals surface area contributed by atoms with Crippen LogP contribution >= 0.6 is 0 Å². The molecule has 3 amide bonds. The average Bonchev–Trinajstić information content (AvgIpc) is 3.17. The highest BCUT2D eigenvalue weighted by atomic mass is 16.2. The van der Waals surface area contributed by atoms with E-state index >= 15 is 0 Å². The molecular formula is C45H45N3O6. The van der Waals surface area contributed by atoms with Crippen LogP contribution in [0, 0.1) is 11.8 Å². The molecule has 9 heteroatoms. The number of nitrogens with one attached hydrogen (secondary N) is 2. The summed E-state index contributed by atoms with van der Waals surface area (Å²) in [6, 6.07) is 38.7. The van der Waals surface area contributed by atoms with Crippen molar-refractivity contribution in [2.45, 2.75) is 57.5 Å². The molecule has 276 valence electrons. The molecule has 5 rings (SSSR count). The monoisotopic (exact) mass is 723 g/mol. The van der Waals surface area contributed by atoms with Gasteiger partial charge in [-0.2, -0.15) is 0 Å². The van der Waals surface area contributed by atoms with Gasteiger partial charge in [-0.3, -0.25) is 28.8 Å². The number of ketones is 3. The van der Waals surface area contributed by atoms with Crippen LogP contribution in [0.4, 0.5) is 0 Å². The number of Topliss-reactive ketones (excluding diaryl/α,β-unsaturated/α-hetero) is 3. The second-order valence-electron chi connectivity index (χ2n) is 13.8. The normalized spacial score (nSPS) is 13.2. The molecule has 0 aliphatic carbocycles. The first kappa shape index (κ1) is 39.0. The predicted molar refractivity (Wildman–Crippen MR) is 208 cm³/mol. The molecule has 0 heterocycles. The number of rotatable bonds is 19. The van der Waals surface area contributed by atoms with Crippen molar-refractivity contribution in [3.05, 3.63) is 156 Å². The average molecular weight is 724 g/mol. The number of carbonyl (C=O) groups is 6. The quantitative estimate of drug-likeness (QED) is 0.0984. The van der Waals surface area contributed by atoms with Crippen LogP contribution in [-0.4, -0.2) is 47.2 Å². The summed E-state index contributed by atoms with van der Waals surface area (Å²) in [5.74, 6) is -5.43. The number of amides is 3. The van der Waals surface area contributed by atoms with Crippen molar-refractivity contribution in [2.75, 3.05) is 0 Å². The molecular weight excluding hydrogens is 679 g/mol. The Morgan fingerprint density at radius 1 is 0.556 bits per heavy atom. The van der Waals surface area contributed by atoms with Gasteiger partial charge in [0.05, 0.1) is 12.1 Å². The minimum atomic E-state index is -1.25. The zero-order valence-corrected chi connectivity index (χ0v) is 30.3. The van der Waals surface area contributed by atoms with Gasteiger partial charge < -0.3 is 16.4 Å². The van der Waals surface area contributed by atoms with Gasteiger partial charge in [0.25, 0.3) is 5.91 Å². The lowest BCUT2D eigenvalue weighted by molar-refractivity contribution is -0.141. The van der Waals surface area contributed by atoms with E-state index in [1.165, 1.54) is 6.92 Å². The molecule has 0 aliphatic heterocycles. The summed E-state index contributed by atoms with van der Waals surface area (Å²) in [4.78, 5) is 80.0. The minimum absolute atomic E-state index is 0.0589. The van der Waals surface area contributed by atoms with E-state index in [1.807, 2.05) is 109 Å². The number of hydrogen-bond acceptors (Lipinski definition) is 6. The van der Waals surface area contributed by atoms with Crippen molar-refractivity contribution >= 4 is 45.8 Å². The maximum absolute atomic E-state index is 13.8. The van der Waals surface area contributed by atoms with Crippen molar-refractivity contribution in [1.29, 1.82) is 0 Å². The Bertz CT molecular complexity index is 2080. The van der Waals surface area contributed by atoms with Gasteiger partial charge in [-0.05, 0) is 59.2 Å². The van der Waals surface area contributed by atoms with E-state index in [-0.39, 0.29) is 44.3 Å². The van der Waals surface area contributed by atoms with Gasteiger partial charge >= 0.3 is 0 Å². The molecule has 0 aliphatic rings. The van der Waals surface area contributed by atoms with Gasteiger partial charge in [0.1, 0.15) is 5.78 Å². The largest absolute Gasteiger partial charge is 0.369 e. The first-order valence-corrected chi connectivity index (χ1v) is 18.1. The molecule has 5 aromatic rings. The van der Waals surface area contributed by atoms with Gasteiger partial charge in [0.15, 0.2) is 5.78 Å². The third-order valence-electron chi connectivity index (χ3n) is 9.51. The fraction of sp³-hybridized carbons (Fsp3) is 0.244. The first-order chi connectivity index (χ1) is 26.0. The van der Waals surface area contributed by atoms with Crippen LogP contribution in [-0.2, 0) is 54.5 Å². The topological polar surface area (TPSA) is 152 Å². The highest BCUT2D eigenvalue weighted by Crippen LogP contribution is 2.21. The molecule has 1 unspecified atom stereocenters. The second kappa shape index (κ2) is 19.0. The summed E-state index contributed by atoms with van der Waals surface area (Å²) >= 11 is 0. The predicted octanol–water partition coefficient (Wildman–Crippen LogP) is 5.31. The van der Waals surface area contributed by atoms with Gasteiger partial charge in [-0.1, -0.05) is 133 Å². The number of carbonyl (C=O) groups excluding carboxylic acids is 6. The summed E-state index contributed by atoms with van der Waals surface area (Å²) < 4.78 is 0. The van der Waals surface area contributed by atoms with Crippen molar-refractivity contribution in [3.8, 4) is 0 Å². The lowest BCUT2D eigenvalue weighted by atomic mass is 9.89. The van der Waals surface area contributed by atoms with Crippen LogP contribution in [0.1, 0.15) is 42.0 Å². The van der Waals surface area contributed by atoms with Crippen LogP contribution in [0.3, 0.4) is 0 Å². The molecule has 54 heavy (non-hydrogen) atoms. The molecule has 0 fully saturated rings. The van der Waals surface area contributed by atoms with E-state index < -0.39 is 53.2 Å². The van der Waals surface area contributed by atoms with Crippen molar-refractivity contribution in [2.24, 2.45) is 17.6 Å². The van der Waals surface area contributed by atoms with Crippen LogP contribution in [0.15, 0.2) is 133 Å². The maximum Gasteiger partial charge on any atom is 0.290 e. The van der Waals surface area contributed by atoms with Gasteiger partial charge in [-0.25, -0.2) is 0 Å². The third-order valence-corrected chi connectivity index (χ3v) is 9.51. The van der Waals surface area contributed by atoms with E-state index in [2.05, 4.69) is 10.6 Å². The zero-order valence-electron chi connectivity index (χ0n) is 30.3. The Morgan fingerprint density at radius 2 is 1.09 bits per heavy atom. The molecule has 0 radical (unpaired) electrons. The molecule has 4 N–H and O–H groups in total. The van der Waals surface area contributed by atoms with Gasteiger partial charge in [-0.15, -0.1) is 0 Å². The molecule has 0 bridgehead atoms. The molecule has 4 atom stereocenters. The maximum atomic E-state index is 13.8. The van der Waals surface area contributed by atoms with Gasteiger partial charge in [0.2, 0.25) is 17.6 Å². The standard InChI is InChI=1S/C45H45N3O6/c1-30(47-44(53)38(23-31-13-5-2-6-14-31)28-39(49)26-32-15-7-3-8-16-32)42(51)45(54)48-40(27-33-17-9-4-10-18-33)41(50)29-37(43(46)52)25-34-21-22-35-19-11-12-20-36(35)24-34/h2-22,24,30,37-38,40H,23,25-29H2,1H3,(H2,46,52)(H,47,53)(H,48,54)/t30?,37-,38-,40+/m1/s1. The zero-order chi connectivity index (χ0) is 38.5. The lowest BCUT2D eigenvalue weighted by Gasteiger charge is -2.22. The van der Waals surface area contributed by atoms with Crippen LogP contribution in [0.25, 0.3) is 10.8 Å². The number of benzene rings is 5. The molecule has 5 aromatic carbocycles. The number of hydrogen-bond donors (Lipinski definition) is 3. The Labute approximate surface area is 315 Å². The van der Waals surface area contributed by atoms with Crippen LogP contribution < -0.4 is 16.4 Å². The van der Waals surface area contributed by atoms with E-state index in [0.717, 1.165) is 33.0 Å². The Hall–Kier alpha value is -6.22. The fourth-order valence-electron chi connectivity index (χ4n) is 6.55. The Morgan fingerprint density at radius 3 is 1.70 bits per heavy atom. The summed E-state index contributed by atoms with van der Waals surface area (Å²) in [5.41, 5.74) is 9.03. The van der Waals surface area contributed by atoms with Crippen molar-refractivity contribution < 1.29 is 28.8 Å². The number of fused-ring (bicyclic) bond motifs is 1. The fourth-order valence-corrected chi connectivity index (χ4v) is 6.55. The second-order valence-corrected chi connectivity index (χ2v) is 13.8. The first-order valence-electron chi connectivity index (χ1n) is 18.1. The Balaban J connectivity index is 1.26. The molecule has 9 nitrogen and oxygen atoms in total. The van der Waals surface area contributed by atoms with Crippen molar-refractivity contribution in [3.63, 3.8) is 0 Å². The third kappa shape index (κ3) is 11.4. The molecule has 0 aromatic heterocycles. The molecule has 0 spiro atoms. The summed E-state index contributed by atoms with van der Waals surface area (Å²) in [6.07, 6.45) is 0.400. The molecule has 0 saturated heterocycles. The van der Waals surface area contributed by atoms with Crippen LogP contribution in [0.2, 0.25) is 0 Å². The van der Waals surface area contributed by atoms with E-state index in [9.17, 15) is 28.8 Å². The van der Waals surface area contributed by atoms with Gasteiger partial charge in [0, 0.05) is 31.1 Å². The van der Waals surface area contributed by atoms with Crippen molar-refractivity contribution in [1.82, 2.24) is 10.6 Å². The smallest absolute Gasteiger partial charge is 0.290 e. The number of primary amides is 1. The summed E-state index contributed by atoms with van der Waals surface area (Å²) in [5, 5.41) is 7.25. The minimum Gasteiger partial charge on any atom is -0.369 e. The lowest BCUT2D eigenvalue weighted by Crippen LogP contribution is -2.52. The highest BCUT2D eigenvalue weighted by Gasteiger charge is 2.32. The van der Waals surface area contributed by atoms with Crippen LogP contribution in [0.5, 0.6) is 0 Å². The van der Waals surface area contributed by atoms with E-state index in [1.54, 1.807) is 24.3 Å². The summed E-state index contributed by atoms with van der Waals surface area (Å²) in [6.45, 7) is 1.39. The summed E-state index contributed by atoms with van der Waals surface area (Å²) in [7, 11) is 0. The number of nitrogens with two attached hydrogens (primary N) is 1. The Kier molecular flexibility index (Phi) is 13.7.